The van der Waals surface area contributed by atoms with Gasteiger partial charge in [0.15, 0.2) is 23.1 Å². The van der Waals surface area contributed by atoms with Crippen molar-refractivity contribution in [3.05, 3.63) is 139 Å². The van der Waals surface area contributed by atoms with E-state index in [0.29, 0.717) is 49.9 Å². The standard InChI is InChI=1S/C34H38F4N2O6S.C25H23F4NO3S/c1-32(2,3)45-28(42)15-16-39(31(43)46-33(4,5)6)19-27(41)40-17-14-23-25(40)12-13-26(29(23)35)44-20-22-18-24(21-10-8-7-9-11-21)30(47-22)34(36,37)38;1-24(2,3)33-23(31)30-12-11-17-19(30)9-10-20(21(17)26)32-14-16-13-18(15-7-5-4-6-8-15)22(34-16)25(27,28)29/h7-13,18H,14-17,19-20H2,1-6H3;4-10,13H,11-12,14H2,1-3H3. The Labute approximate surface area is 472 Å². The molecule has 0 aliphatic carbocycles. The van der Waals surface area contributed by atoms with E-state index in [1.807, 2.05) is 0 Å². The van der Waals surface area contributed by atoms with Crippen LogP contribution in [0, 0.1) is 11.6 Å². The summed E-state index contributed by atoms with van der Waals surface area (Å²) in [5.41, 5.74) is -0.100. The number of anilines is 2. The monoisotopic (exact) mass is 1170 g/mol. The number of carbonyl (C=O) groups excluding carboxylic acids is 4. The third-order valence-electron chi connectivity index (χ3n) is 12.0. The number of esters is 1. The highest BCUT2D eigenvalue weighted by Crippen LogP contribution is 2.45. The largest absolute Gasteiger partial charge is 0.485 e. The fourth-order valence-electron chi connectivity index (χ4n) is 8.68. The minimum absolute atomic E-state index is 0.0248. The number of carbonyl (C=O) groups is 4. The van der Waals surface area contributed by atoms with Crippen molar-refractivity contribution in [2.24, 2.45) is 0 Å². The molecule has 6 aromatic rings. The van der Waals surface area contributed by atoms with Crippen LogP contribution in [0.1, 0.15) is 99.4 Å². The van der Waals surface area contributed by atoms with E-state index in [-0.39, 0.29) is 90.9 Å². The fourth-order valence-corrected chi connectivity index (χ4v) is 10.6. The lowest BCUT2D eigenvalue weighted by Gasteiger charge is -2.29. The predicted octanol–water partition coefficient (Wildman–Crippen LogP) is 15.5. The molecule has 3 amide bonds. The van der Waals surface area contributed by atoms with Gasteiger partial charge in [0.25, 0.3) is 0 Å². The summed E-state index contributed by atoms with van der Waals surface area (Å²) in [4.78, 5) is 54.0. The van der Waals surface area contributed by atoms with Gasteiger partial charge in [-0.05, 0) is 123 Å². The lowest BCUT2D eigenvalue weighted by atomic mass is 10.1. The smallest absolute Gasteiger partial charge is 0.426 e. The molecule has 0 atom stereocenters. The molecule has 4 heterocycles. The molecule has 0 saturated heterocycles. The van der Waals surface area contributed by atoms with Crippen LogP contribution >= 0.6 is 22.7 Å². The average molecular weight is 1170 g/mol. The molecule has 0 N–H and O–H groups in total. The minimum atomic E-state index is -4.57. The van der Waals surface area contributed by atoms with Gasteiger partial charge in [-0.2, -0.15) is 26.3 Å². The molecule has 2 aliphatic heterocycles. The molecule has 434 valence electrons. The van der Waals surface area contributed by atoms with Crippen LogP contribution in [0.5, 0.6) is 11.5 Å². The van der Waals surface area contributed by atoms with E-state index >= 15 is 8.78 Å². The summed E-state index contributed by atoms with van der Waals surface area (Å²) in [7, 11) is 0. The Morgan fingerprint density at radius 2 is 0.975 bits per heavy atom. The highest BCUT2D eigenvalue weighted by Gasteiger charge is 2.39. The van der Waals surface area contributed by atoms with Crippen LogP contribution in [0.3, 0.4) is 0 Å². The van der Waals surface area contributed by atoms with Crippen LogP contribution in [0.2, 0.25) is 0 Å². The first-order chi connectivity index (χ1) is 37.8. The molecule has 0 radical (unpaired) electrons. The number of fused-ring (bicyclic) bond motifs is 2. The molecule has 0 saturated carbocycles. The topological polar surface area (TPSA) is 124 Å². The summed E-state index contributed by atoms with van der Waals surface area (Å²) in [6.45, 7) is 14.7. The number of ether oxygens (including phenoxy) is 5. The second-order valence-electron chi connectivity index (χ2n) is 21.9. The van der Waals surface area contributed by atoms with Crippen molar-refractivity contribution in [3.8, 4) is 33.8 Å². The quantitative estimate of drug-likeness (QED) is 0.0631. The Bertz CT molecular complexity index is 3230. The van der Waals surface area contributed by atoms with Gasteiger partial charge in [-0.15, -0.1) is 22.7 Å². The SMILES string of the molecule is CC(C)(C)OC(=O)CCN(CC(=O)N1CCc2c1ccc(OCc1cc(-c3ccccc3)c(C(F)(F)F)s1)c2F)C(=O)OC(C)(C)C.CC(C)(C)OC(=O)N1CCc2c1ccc(OCc1cc(-c3ccccc3)c(C(F)(F)F)s1)c2F. The normalized spacial score (nSPS) is 13.4. The molecule has 0 fully saturated rings. The maximum atomic E-state index is 15.6. The van der Waals surface area contributed by atoms with Crippen molar-refractivity contribution < 1.29 is 78.0 Å². The van der Waals surface area contributed by atoms with Gasteiger partial charge in [0.1, 0.15) is 46.3 Å². The van der Waals surface area contributed by atoms with Gasteiger partial charge in [0.05, 0.1) is 17.8 Å². The van der Waals surface area contributed by atoms with E-state index in [1.165, 1.54) is 40.1 Å². The van der Waals surface area contributed by atoms with Crippen molar-refractivity contribution in [2.45, 2.75) is 124 Å². The maximum Gasteiger partial charge on any atom is 0.426 e. The molecule has 12 nitrogen and oxygen atoms in total. The number of thiophene rings is 2. The molecular weight excluding hydrogens is 1110 g/mol. The first-order valence-corrected chi connectivity index (χ1v) is 27.3. The first kappa shape index (κ1) is 61.4. The summed E-state index contributed by atoms with van der Waals surface area (Å²) >= 11 is 1.12. The molecule has 2 aliphatic rings. The number of hydrogen-bond donors (Lipinski definition) is 0. The van der Waals surface area contributed by atoms with Crippen molar-refractivity contribution in [1.29, 1.82) is 0 Å². The zero-order valence-corrected chi connectivity index (χ0v) is 47.6. The van der Waals surface area contributed by atoms with E-state index in [9.17, 15) is 45.5 Å². The molecular formula is C59H61F8N3O9S2. The Hall–Kier alpha value is -7.20. The summed E-state index contributed by atoms with van der Waals surface area (Å²) in [6, 6.07) is 25.1. The Morgan fingerprint density at radius 3 is 1.40 bits per heavy atom. The second-order valence-corrected chi connectivity index (χ2v) is 24.2. The van der Waals surface area contributed by atoms with Crippen LogP contribution in [0.4, 0.5) is 56.1 Å². The van der Waals surface area contributed by atoms with Gasteiger partial charge in [-0.25, -0.2) is 18.4 Å². The van der Waals surface area contributed by atoms with Crippen LogP contribution in [0.25, 0.3) is 22.3 Å². The van der Waals surface area contributed by atoms with Crippen LogP contribution < -0.4 is 19.3 Å². The highest BCUT2D eigenvalue weighted by atomic mass is 32.1. The van der Waals surface area contributed by atoms with E-state index in [0.717, 1.165) is 4.90 Å². The van der Waals surface area contributed by atoms with Crippen molar-refractivity contribution in [1.82, 2.24) is 4.90 Å². The van der Waals surface area contributed by atoms with Gasteiger partial charge < -0.3 is 28.6 Å². The van der Waals surface area contributed by atoms with Gasteiger partial charge in [-0.1, -0.05) is 60.7 Å². The minimum Gasteiger partial charge on any atom is -0.485 e. The molecule has 0 unspecified atom stereocenters. The molecule has 8 rings (SSSR count). The third kappa shape index (κ3) is 16.0. The van der Waals surface area contributed by atoms with Gasteiger partial charge in [-0.3, -0.25) is 19.4 Å². The molecule has 22 heteroatoms. The number of nitrogens with zero attached hydrogens (tertiary/aromatic N) is 3. The molecule has 0 spiro atoms. The summed E-state index contributed by atoms with van der Waals surface area (Å²) < 4.78 is 140. The maximum absolute atomic E-state index is 15.6. The first-order valence-electron chi connectivity index (χ1n) is 25.7. The molecule has 4 aromatic carbocycles. The number of hydrogen-bond acceptors (Lipinski definition) is 11. The Morgan fingerprint density at radius 1 is 0.556 bits per heavy atom. The second kappa shape index (κ2) is 24.5. The Balaban J connectivity index is 0.000000246. The third-order valence-corrected chi connectivity index (χ3v) is 14.3. The number of benzene rings is 4. The highest BCUT2D eigenvalue weighted by molar-refractivity contribution is 7.13. The van der Waals surface area contributed by atoms with Crippen LogP contribution in [-0.4, -0.2) is 71.9 Å². The van der Waals surface area contributed by atoms with Crippen molar-refractivity contribution in [2.75, 3.05) is 36.0 Å². The fraction of sp³-hybridized carbons (Fsp3) is 0.390. The van der Waals surface area contributed by atoms with Crippen LogP contribution in [-0.2, 0) is 62.2 Å². The summed E-state index contributed by atoms with van der Waals surface area (Å²) in [6.07, 6.45) is -10.2. The molecule has 0 bridgehead atoms. The van der Waals surface area contributed by atoms with Gasteiger partial charge in [0.2, 0.25) is 5.91 Å². The lowest BCUT2D eigenvalue weighted by Crippen LogP contribution is -2.45. The number of halogens is 8. The summed E-state index contributed by atoms with van der Waals surface area (Å²) in [5.74, 6) is -2.64. The molecule has 2 aromatic heterocycles. The van der Waals surface area contributed by atoms with Crippen molar-refractivity contribution >= 4 is 58.1 Å². The predicted molar refractivity (Wildman–Crippen MR) is 293 cm³/mol. The van der Waals surface area contributed by atoms with Crippen LogP contribution in [0.15, 0.2) is 97.1 Å². The number of rotatable bonds is 13. The van der Waals surface area contributed by atoms with E-state index < -0.39 is 81.2 Å². The lowest BCUT2D eigenvalue weighted by molar-refractivity contribution is -0.155. The summed E-state index contributed by atoms with van der Waals surface area (Å²) in [5, 5.41) is 0. The van der Waals surface area contributed by atoms with E-state index in [2.05, 4.69) is 0 Å². The van der Waals surface area contributed by atoms with E-state index in [4.69, 9.17) is 23.7 Å². The zero-order valence-electron chi connectivity index (χ0n) is 46.0. The molecule has 81 heavy (non-hydrogen) atoms. The van der Waals surface area contributed by atoms with Gasteiger partial charge in [0, 0.05) is 51.6 Å². The zero-order chi connectivity index (χ0) is 59.4. The van der Waals surface area contributed by atoms with Crippen molar-refractivity contribution in [3.63, 3.8) is 0 Å². The van der Waals surface area contributed by atoms with E-state index in [1.54, 1.807) is 129 Å². The number of amides is 3. The van der Waals surface area contributed by atoms with Gasteiger partial charge >= 0.3 is 30.5 Å². The number of alkyl halides is 6. The average Bonchev–Trinajstić information content (AvgIpc) is 4.38. The Kier molecular flexibility index (Phi) is 18.6.